The van der Waals surface area contributed by atoms with E-state index in [0.717, 1.165) is 4.31 Å². The maximum Gasteiger partial charge on any atom is 0.264 e. The van der Waals surface area contributed by atoms with Crippen molar-refractivity contribution >= 4 is 21.6 Å². The lowest BCUT2D eigenvalue weighted by molar-refractivity contribution is 0.1000. The molecule has 2 N–H and O–H groups in total. The molecule has 0 unspecified atom stereocenters. The van der Waals surface area contributed by atoms with E-state index < -0.39 is 15.9 Å². The number of rotatable bonds is 6. The first kappa shape index (κ1) is 18.5. The van der Waals surface area contributed by atoms with Crippen LogP contribution in [0.1, 0.15) is 10.4 Å². The zero-order valence-corrected chi connectivity index (χ0v) is 15.4. The van der Waals surface area contributed by atoms with Crippen molar-refractivity contribution in [3.05, 3.63) is 84.4 Å². The molecular weight excluding hydrogens is 364 g/mol. The Balaban J connectivity index is 1.95. The van der Waals surface area contributed by atoms with Crippen LogP contribution in [-0.2, 0) is 10.0 Å². The molecule has 138 valence electrons. The number of hydrogen-bond donors (Lipinski definition) is 1. The van der Waals surface area contributed by atoms with Crippen LogP contribution in [0.4, 0.5) is 5.69 Å². The van der Waals surface area contributed by atoms with Crippen molar-refractivity contribution in [1.29, 1.82) is 0 Å². The lowest BCUT2D eigenvalue weighted by Crippen LogP contribution is -2.27. The average Bonchev–Trinajstić information content (AvgIpc) is 2.68. The van der Waals surface area contributed by atoms with Crippen molar-refractivity contribution in [2.45, 2.75) is 4.90 Å². The second-order valence-corrected chi connectivity index (χ2v) is 7.71. The minimum absolute atomic E-state index is 0.0458. The number of nitrogens with zero attached hydrogens (tertiary/aromatic N) is 1. The Morgan fingerprint density at radius 2 is 1.48 bits per heavy atom. The van der Waals surface area contributed by atoms with Crippen molar-refractivity contribution in [2.75, 3.05) is 11.4 Å². The molecule has 3 aromatic carbocycles. The number of hydrogen-bond acceptors (Lipinski definition) is 4. The largest absolute Gasteiger partial charge is 0.455 e. The molecule has 0 saturated carbocycles. The zero-order valence-electron chi connectivity index (χ0n) is 14.6. The van der Waals surface area contributed by atoms with Crippen LogP contribution in [0, 0.1) is 0 Å². The van der Waals surface area contributed by atoms with Gasteiger partial charge in [0.2, 0.25) is 5.91 Å². The quantitative estimate of drug-likeness (QED) is 0.707. The van der Waals surface area contributed by atoms with E-state index in [1.54, 1.807) is 36.4 Å². The molecule has 0 spiro atoms. The van der Waals surface area contributed by atoms with E-state index in [-0.39, 0.29) is 10.5 Å². The molecule has 7 heteroatoms. The van der Waals surface area contributed by atoms with Gasteiger partial charge in [0.1, 0.15) is 5.75 Å². The second-order valence-electron chi connectivity index (χ2n) is 5.74. The number of carbonyl (C=O) groups excluding carboxylic acids is 1. The molecule has 27 heavy (non-hydrogen) atoms. The van der Waals surface area contributed by atoms with Crippen molar-refractivity contribution in [1.82, 2.24) is 0 Å². The molecule has 0 aliphatic carbocycles. The molecule has 6 nitrogen and oxygen atoms in total. The van der Waals surface area contributed by atoms with Crippen molar-refractivity contribution in [3.8, 4) is 11.5 Å². The molecular formula is C20H18N2O4S. The third kappa shape index (κ3) is 3.93. The summed E-state index contributed by atoms with van der Waals surface area (Å²) < 4.78 is 32.9. The van der Waals surface area contributed by atoms with E-state index in [1.807, 2.05) is 18.2 Å². The SMILES string of the molecule is CN(c1ccccc1Oc1ccccc1)S(=O)(=O)c1ccc(C(N)=O)cc1. The number of primary amides is 1. The average molecular weight is 382 g/mol. The zero-order chi connectivity index (χ0) is 19.4. The van der Waals surface area contributed by atoms with E-state index in [4.69, 9.17) is 10.5 Å². The predicted octanol–water partition coefficient (Wildman–Crippen LogP) is 3.40. The van der Waals surface area contributed by atoms with Gasteiger partial charge >= 0.3 is 0 Å². The maximum absolute atomic E-state index is 13.0. The number of sulfonamides is 1. The van der Waals surface area contributed by atoms with Crippen molar-refractivity contribution < 1.29 is 17.9 Å². The monoisotopic (exact) mass is 382 g/mol. The van der Waals surface area contributed by atoms with E-state index in [0.29, 0.717) is 17.2 Å². The Labute approximate surface area is 157 Å². The number of nitrogens with two attached hydrogens (primary N) is 1. The number of para-hydroxylation sites is 3. The minimum atomic E-state index is -3.85. The van der Waals surface area contributed by atoms with Gasteiger partial charge in [-0.05, 0) is 48.5 Å². The lowest BCUT2D eigenvalue weighted by Gasteiger charge is -2.22. The predicted molar refractivity (Wildman–Crippen MR) is 104 cm³/mol. The molecule has 0 fully saturated rings. The fourth-order valence-corrected chi connectivity index (χ4v) is 3.70. The minimum Gasteiger partial charge on any atom is -0.455 e. The summed E-state index contributed by atoms with van der Waals surface area (Å²) in [6.07, 6.45) is 0. The Morgan fingerprint density at radius 1 is 0.889 bits per heavy atom. The Hall–Kier alpha value is -3.32. The van der Waals surface area contributed by atoms with Gasteiger partial charge in [0.15, 0.2) is 5.75 Å². The Morgan fingerprint density at radius 3 is 2.11 bits per heavy atom. The topological polar surface area (TPSA) is 89.7 Å². The summed E-state index contributed by atoms with van der Waals surface area (Å²) in [7, 11) is -2.40. The van der Waals surface area contributed by atoms with Gasteiger partial charge in [0, 0.05) is 12.6 Å². The molecule has 0 heterocycles. The molecule has 3 rings (SSSR count). The van der Waals surface area contributed by atoms with Gasteiger partial charge in [-0.15, -0.1) is 0 Å². The van der Waals surface area contributed by atoms with E-state index in [2.05, 4.69) is 0 Å². The molecule has 0 saturated heterocycles. The van der Waals surface area contributed by atoms with Crippen LogP contribution in [0.3, 0.4) is 0 Å². The van der Waals surface area contributed by atoms with Crippen LogP contribution in [0.15, 0.2) is 83.8 Å². The molecule has 0 radical (unpaired) electrons. The number of benzene rings is 3. The molecule has 0 aliphatic heterocycles. The highest BCUT2D eigenvalue weighted by Gasteiger charge is 2.24. The van der Waals surface area contributed by atoms with Crippen LogP contribution >= 0.6 is 0 Å². The summed E-state index contributed by atoms with van der Waals surface area (Å²) in [5.74, 6) is 0.388. The molecule has 3 aromatic rings. The van der Waals surface area contributed by atoms with Crippen molar-refractivity contribution in [2.24, 2.45) is 5.73 Å². The first-order chi connectivity index (χ1) is 12.9. The number of amides is 1. The summed E-state index contributed by atoms with van der Waals surface area (Å²) in [5, 5.41) is 0. The summed E-state index contributed by atoms with van der Waals surface area (Å²) >= 11 is 0. The highest BCUT2D eigenvalue weighted by atomic mass is 32.2. The first-order valence-electron chi connectivity index (χ1n) is 8.10. The normalized spacial score (nSPS) is 11.0. The molecule has 1 amide bonds. The molecule has 0 atom stereocenters. The Kier molecular flexibility index (Phi) is 5.14. The third-order valence-corrected chi connectivity index (χ3v) is 5.76. The highest BCUT2D eigenvalue weighted by molar-refractivity contribution is 7.92. The smallest absolute Gasteiger partial charge is 0.264 e. The maximum atomic E-state index is 13.0. The third-order valence-electron chi connectivity index (χ3n) is 3.97. The fraction of sp³-hybridized carbons (Fsp3) is 0.0500. The van der Waals surface area contributed by atoms with Gasteiger partial charge in [-0.25, -0.2) is 8.42 Å². The summed E-state index contributed by atoms with van der Waals surface area (Å²) in [6.45, 7) is 0. The van der Waals surface area contributed by atoms with Gasteiger partial charge in [0.25, 0.3) is 10.0 Å². The van der Waals surface area contributed by atoms with Gasteiger partial charge < -0.3 is 10.5 Å². The Bertz CT molecular complexity index is 1050. The van der Waals surface area contributed by atoms with Gasteiger partial charge in [0.05, 0.1) is 10.6 Å². The second kappa shape index (κ2) is 7.51. The standard InChI is InChI=1S/C20H18N2O4S/c1-22(27(24,25)17-13-11-15(12-14-17)20(21)23)18-9-5-6-10-19(18)26-16-7-3-2-4-8-16/h2-14H,1H3,(H2,21,23). The summed E-state index contributed by atoms with van der Waals surface area (Å²) in [5.41, 5.74) is 5.83. The highest BCUT2D eigenvalue weighted by Crippen LogP contribution is 2.34. The van der Waals surface area contributed by atoms with Crippen LogP contribution in [0.2, 0.25) is 0 Å². The number of ether oxygens (including phenoxy) is 1. The van der Waals surface area contributed by atoms with Gasteiger partial charge in [-0.2, -0.15) is 0 Å². The first-order valence-corrected chi connectivity index (χ1v) is 9.54. The fourth-order valence-electron chi connectivity index (χ4n) is 2.50. The van der Waals surface area contributed by atoms with E-state index in [9.17, 15) is 13.2 Å². The van der Waals surface area contributed by atoms with Gasteiger partial charge in [-0.1, -0.05) is 30.3 Å². The summed E-state index contributed by atoms with van der Waals surface area (Å²) in [6, 6.07) is 21.4. The van der Waals surface area contributed by atoms with Crippen LogP contribution < -0.4 is 14.8 Å². The van der Waals surface area contributed by atoms with Crippen LogP contribution in [0.5, 0.6) is 11.5 Å². The lowest BCUT2D eigenvalue weighted by atomic mass is 10.2. The summed E-state index contributed by atoms with van der Waals surface area (Å²) in [4.78, 5) is 11.2. The molecule has 0 bridgehead atoms. The van der Waals surface area contributed by atoms with Gasteiger partial charge in [-0.3, -0.25) is 9.10 Å². The number of anilines is 1. The van der Waals surface area contributed by atoms with Crippen LogP contribution in [0.25, 0.3) is 0 Å². The van der Waals surface area contributed by atoms with Crippen LogP contribution in [-0.4, -0.2) is 21.4 Å². The molecule has 0 aliphatic rings. The van der Waals surface area contributed by atoms with E-state index >= 15 is 0 Å². The van der Waals surface area contributed by atoms with E-state index in [1.165, 1.54) is 31.3 Å². The number of carbonyl (C=O) groups is 1. The van der Waals surface area contributed by atoms with Crippen molar-refractivity contribution in [3.63, 3.8) is 0 Å². The molecule has 0 aromatic heterocycles.